The Labute approximate surface area is 185 Å². The van der Waals surface area contributed by atoms with Gasteiger partial charge in [-0.05, 0) is 56.9 Å². The minimum absolute atomic E-state index is 0.142. The number of hydrogen-bond donors (Lipinski definition) is 1. The van der Waals surface area contributed by atoms with Crippen molar-refractivity contribution >= 4 is 22.1 Å². The number of hydrazone groups is 1. The van der Waals surface area contributed by atoms with E-state index < -0.39 is 15.9 Å². The topological polar surface area (TPSA) is 83.8 Å². The number of nitrogens with zero attached hydrogens (tertiary/aromatic N) is 3. The Morgan fingerprint density at radius 2 is 1.87 bits per heavy atom. The summed E-state index contributed by atoms with van der Waals surface area (Å²) in [4.78, 5) is 12.7. The van der Waals surface area contributed by atoms with Gasteiger partial charge in [-0.2, -0.15) is 9.41 Å². The van der Waals surface area contributed by atoms with Gasteiger partial charge >= 0.3 is 0 Å². The number of carbonyl (C=O) groups is 1. The Morgan fingerprint density at radius 1 is 1.16 bits per heavy atom. The zero-order valence-corrected chi connectivity index (χ0v) is 19.6. The standard InChI is InChI=1S/C23H32N4O3S/c1-17(2)16-27-18(3)13-21(19(27)4)15-24-25-23(28)20-9-8-10-22(14-20)31(29,30)26-11-6-5-7-12-26/h8-10,13-15,17H,5-7,11-12,16H2,1-4H3,(H,25,28)/b24-15-. The third-order valence-electron chi connectivity index (χ3n) is 5.58. The largest absolute Gasteiger partial charge is 0.348 e. The molecule has 0 saturated carbocycles. The second kappa shape index (κ2) is 9.78. The smallest absolute Gasteiger partial charge is 0.271 e. The molecule has 2 heterocycles. The van der Waals surface area contributed by atoms with E-state index in [1.807, 2.05) is 13.0 Å². The van der Waals surface area contributed by atoms with Crippen LogP contribution in [0.5, 0.6) is 0 Å². The summed E-state index contributed by atoms with van der Waals surface area (Å²) in [6.45, 7) is 10.4. The Bertz CT molecular complexity index is 1060. The number of amides is 1. The zero-order valence-electron chi connectivity index (χ0n) is 18.8. The molecule has 1 amide bonds. The summed E-state index contributed by atoms with van der Waals surface area (Å²) < 4.78 is 29.5. The average Bonchev–Trinajstić information content (AvgIpc) is 3.01. The highest BCUT2D eigenvalue weighted by atomic mass is 32.2. The SMILES string of the molecule is Cc1cc(/C=N\NC(=O)c2cccc(S(=O)(=O)N3CCCCC3)c2)c(C)n1CC(C)C. The van der Waals surface area contributed by atoms with Crippen LogP contribution >= 0.6 is 0 Å². The van der Waals surface area contributed by atoms with Gasteiger partial charge in [0.15, 0.2) is 0 Å². The van der Waals surface area contributed by atoms with E-state index >= 15 is 0 Å². The van der Waals surface area contributed by atoms with Crippen LogP contribution in [0.15, 0.2) is 40.3 Å². The summed E-state index contributed by atoms with van der Waals surface area (Å²) in [7, 11) is -3.59. The molecule has 3 rings (SSSR count). The van der Waals surface area contributed by atoms with E-state index in [1.54, 1.807) is 18.3 Å². The molecule has 0 spiro atoms. The first-order valence-corrected chi connectivity index (χ1v) is 12.2. The molecule has 1 saturated heterocycles. The lowest BCUT2D eigenvalue weighted by atomic mass is 10.2. The van der Waals surface area contributed by atoms with Gasteiger partial charge < -0.3 is 4.57 Å². The molecule has 168 valence electrons. The maximum absolute atomic E-state index is 12.9. The van der Waals surface area contributed by atoms with E-state index in [-0.39, 0.29) is 10.5 Å². The fraction of sp³-hybridized carbons (Fsp3) is 0.478. The maximum atomic E-state index is 12.9. The van der Waals surface area contributed by atoms with Crippen molar-refractivity contribution in [3.8, 4) is 0 Å². The normalized spacial score (nSPS) is 15.6. The number of sulfonamides is 1. The number of piperidine rings is 1. The maximum Gasteiger partial charge on any atom is 0.271 e. The minimum Gasteiger partial charge on any atom is -0.348 e. The van der Waals surface area contributed by atoms with Crippen molar-refractivity contribution in [1.29, 1.82) is 0 Å². The third-order valence-corrected chi connectivity index (χ3v) is 7.47. The lowest BCUT2D eigenvalue weighted by Crippen LogP contribution is -2.35. The van der Waals surface area contributed by atoms with Crippen LogP contribution < -0.4 is 5.43 Å². The monoisotopic (exact) mass is 444 g/mol. The van der Waals surface area contributed by atoms with Gasteiger partial charge in [-0.3, -0.25) is 4.79 Å². The molecule has 1 aliphatic heterocycles. The highest BCUT2D eigenvalue weighted by Gasteiger charge is 2.26. The van der Waals surface area contributed by atoms with Crippen molar-refractivity contribution in [2.24, 2.45) is 11.0 Å². The molecule has 0 atom stereocenters. The Balaban J connectivity index is 1.71. The average molecular weight is 445 g/mol. The molecule has 1 aromatic carbocycles. The molecule has 1 N–H and O–H groups in total. The number of aromatic nitrogens is 1. The van der Waals surface area contributed by atoms with Crippen LogP contribution in [0.4, 0.5) is 0 Å². The predicted octanol–water partition coefficient (Wildman–Crippen LogP) is 3.70. The molecule has 0 aliphatic carbocycles. The predicted molar refractivity (Wildman–Crippen MR) is 123 cm³/mol. The molecule has 0 radical (unpaired) electrons. The summed E-state index contributed by atoms with van der Waals surface area (Å²) in [5, 5.41) is 4.10. The molecule has 0 unspecified atom stereocenters. The highest BCUT2D eigenvalue weighted by Crippen LogP contribution is 2.21. The van der Waals surface area contributed by atoms with Crippen LogP contribution in [0.3, 0.4) is 0 Å². The first-order chi connectivity index (χ1) is 14.7. The molecule has 2 aromatic rings. The first kappa shape index (κ1) is 23.2. The van der Waals surface area contributed by atoms with Crippen molar-refractivity contribution in [3.05, 3.63) is 52.8 Å². The van der Waals surface area contributed by atoms with Crippen LogP contribution in [0.2, 0.25) is 0 Å². The fourth-order valence-electron chi connectivity index (χ4n) is 3.88. The molecular formula is C23H32N4O3S. The number of aryl methyl sites for hydroxylation is 1. The summed E-state index contributed by atoms with van der Waals surface area (Å²) in [5.74, 6) is 0.0886. The molecule has 7 nitrogen and oxygen atoms in total. The Morgan fingerprint density at radius 3 is 2.55 bits per heavy atom. The van der Waals surface area contributed by atoms with Crippen molar-refractivity contribution in [3.63, 3.8) is 0 Å². The van der Waals surface area contributed by atoms with E-state index in [0.717, 1.165) is 42.8 Å². The lowest BCUT2D eigenvalue weighted by molar-refractivity contribution is 0.0955. The number of hydrogen-bond acceptors (Lipinski definition) is 4. The number of nitrogens with one attached hydrogen (secondary N) is 1. The Kier molecular flexibility index (Phi) is 7.33. The molecule has 0 bridgehead atoms. The van der Waals surface area contributed by atoms with E-state index in [2.05, 4.69) is 35.9 Å². The molecule has 1 aromatic heterocycles. The van der Waals surface area contributed by atoms with Crippen LogP contribution in [-0.2, 0) is 16.6 Å². The Hall–Kier alpha value is -2.45. The minimum atomic E-state index is -3.59. The fourth-order valence-corrected chi connectivity index (χ4v) is 5.45. The van der Waals surface area contributed by atoms with Gasteiger partial charge in [-0.1, -0.05) is 26.3 Å². The zero-order chi connectivity index (χ0) is 22.6. The summed E-state index contributed by atoms with van der Waals surface area (Å²) >= 11 is 0. The molecular weight excluding hydrogens is 412 g/mol. The van der Waals surface area contributed by atoms with Crippen LogP contribution in [0.1, 0.15) is 60.4 Å². The van der Waals surface area contributed by atoms with Gasteiger partial charge in [0.25, 0.3) is 5.91 Å². The molecule has 1 fully saturated rings. The second-order valence-corrected chi connectivity index (χ2v) is 10.5. The summed E-state index contributed by atoms with van der Waals surface area (Å²) in [5.41, 5.74) is 5.97. The van der Waals surface area contributed by atoms with Crippen molar-refractivity contribution in [1.82, 2.24) is 14.3 Å². The highest BCUT2D eigenvalue weighted by molar-refractivity contribution is 7.89. The van der Waals surface area contributed by atoms with Crippen molar-refractivity contribution in [2.75, 3.05) is 13.1 Å². The number of carbonyl (C=O) groups excluding carboxylic acids is 1. The van der Waals surface area contributed by atoms with Gasteiger partial charge in [0.1, 0.15) is 0 Å². The summed E-state index contributed by atoms with van der Waals surface area (Å²) in [6, 6.07) is 8.18. The second-order valence-electron chi connectivity index (χ2n) is 8.52. The van der Waals surface area contributed by atoms with Crippen molar-refractivity contribution < 1.29 is 13.2 Å². The van der Waals surface area contributed by atoms with Gasteiger partial charge in [-0.15, -0.1) is 0 Å². The van der Waals surface area contributed by atoms with E-state index in [4.69, 9.17) is 0 Å². The van der Waals surface area contributed by atoms with Gasteiger partial charge in [0, 0.05) is 42.1 Å². The van der Waals surface area contributed by atoms with E-state index in [9.17, 15) is 13.2 Å². The van der Waals surface area contributed by atoms with Crippen LogP contribution in [0.25, 0.3) is 0 Å². The quantitative estimate of drug-likeness (QED) is 0.522. The van der Waals surface area contributed by atoms with Crippen molar-refractivity contribution in [2.45, 2.75) is 58.4 Å². The van der Waals surface area contributed by atoms with Crippen LogP contribution in [-0.4, -0.2) is 42.5 Å². The van der Waals surface area contributed by atoms with Gasteiger partial charge in [-0.25, -0.2) is 13.8 Å². The lowest BCUT2D eigenvalue weighted by Gasteiger charge is -2.25. The molecule has 31 heavy (non-hydrogen) atoms. The van der Waals surface area contributed by atoms with Gasteiger partial charge in [0.05, 0.1) is 11.1 Å². The first-order valence-electron chi connectivity index (χ1n) is 10.8. The summed E-state index contributed by atoms with van der Waals surface area (Å²) in [6.07, 6.45) is 4.41. The number of benzene rings is 1. The third kappa shape index (κ3) is 5.43. The van der Waals surface area contributed by atoms with Gasteiger partial charge in [0.2, 0.25) is 10.0 Å². The molecule has 8 heteroatoms. The molecule has 1 aliphatic rings. The van der Waals surface area contributed by atoms with E-state index in [1.165, 1.54) is 16.4 Å². The van der Waals surface area contributed by atoms with Crippen LogP contribution in [0, 0.1) is 19.8 Å². The van der Waals surface area contributed by atoms with E-state index in [0.29, 0.717) is 19.0 Å². The number of rotatable bonds is 7.